The Hall–Kier alpha value is -1.10. The highest BCUT2D eigenvalue weighted by atomic mass is 79.9. The van der Waals surface area contributed by atoms with Crippen molar-refractivity contribution in [2.45, 2.75) is 19.4 Å². The molecule has 2 rings (SSSR count). The van der Waals surface area contributed by atoms with Gasteiger partial charge in [-0.3, -0.25) is 0 Å². The van der Waals surface area contributed by atoms with Crippen LogP contribution in [0.3, 0.4) is 0 Å². The predicted molar refractivity (Wildman–Crippen MR) is 66.8 cm³/mol. The molecule has 1 aromatic heterocycles. The molecular weight excluding hydrogens is 292 g/mol. The van der Waals surface area contributed by atoms with Crippen molar-refractivity contribution < 1.29 is 13.5 Å². The number of methoxy groups -OCH3 is 1. The van der Waals surface area contributed by atoms with Gasteiger partial charge in [-0.05, 0) is 28.1 Å². The van der Waals surface area contributed by atoms with E-state index < -0.39 is 5.92 Å². The second kappa shape index (κ2) is 4.29. The summed E-state index contributed by atoms with van der Waals surface area (Å²) in [6, 6.07) is 5.51. The molecule has 0 N–H and O–H groups in total. The molecule has 0 atom stereocenters. The van der Waals surface area contributed by atoms with E-state index in [2.05, 4.69) is 15.9 Å². The largest absolute Gasteiger partial charge is 0.493 e. The van der Waals surface area contributed by atoms with Crippen LogP contribution in [-0.4, -0.2) is 17.6 Å². The van der Waals surface area contributed by atoms with Gasteiger partial charge in [0.25, 0.3) is 5.92 Å². The van der Waals surface area contributed by atoms with Gasteiger partial charge in [0.15, 0.2) is 5.75 Å². The van der Waals surface area contributed by atoms with E-state index in [1.165, 1.54) is 11.7 Å². The molecule has 0 spiro atoms. The van der Waals surface area contributed by atoms with E-state index in [4.69, 9.17) is 4.74 Å². The number of alkyl halides is 2. The summed E-state index contributed by atoms with van der Waals surface area (Å²) in [7, 11) is 1.53. The van der Waals surface area contributed by atoms with Crippen LogP contribution in [0.25, 0.3) is 10.9 Å². The molecule has 0 fully saturated rings. The number of nitrogens with zero attached hydrogens (tertiary/aromatic N) is 1. The lowest BCUT2D eigenvalue weighted by molar-refractivity contribution is 0.00504. The van der Waals surface area contributed by atoms with Crippen LogP contribution in [0.15, 0.2) is 28.9 Å². The maximum Gasteiger partial charge on any atom is 0.262 e. The molecule has 17 heavy (non-hydrogen) atoms. The zero-order chi connectivity index (χ0) is 12.6. The van der Waals surface area contributed by atoms with Crippen molar-refractivity contribution in [1.29, 1.82) is 0 Å². The molecule has 0 bridgehead atoms. The Labute approximate surface area is 106 Å². The van der Waals surface area contributed by atoms with Crippen LogP contribution in [0.5, 0.6) is 5.75 Å². The number of halogens is 3. The molecule has 0 amide bonds. The summed E-state index contributed by atoms with van der Waals surface area (Å²) in [5, 5.41) is 0.884. The number of fused-ring (bicyclic) bond motifs is 1. The van der Waals surface area contributed by atoms with Gasteiger partial charge in [0, 0.05) is 18.5 Å². The summed E-state index contributed by atoms with van der Waals surface area (Å²) in [6.45, 7) is 0.548. The van der Waals surface area contributed by atoms with Gasteiger partial charge in [-0.15, -0.1) is 0 Å². The predicted octanol–water partition coefficient (Wildman–Crippen LogP) is 4.07. The first-order chi connectivity index (χ1) is 7.92. The van der Waals surface area contributed by atoms with Gasteiger partial charge in [-0.25, -0.2) is 8.78 Å². The summed E-state index contributed by atoms with van der Waals surface area (Å²) in [4.78, 5) is 0. The first-order valence-electron chi connectivity index (χ1n) is 5.11. The second-order valence-electron chi connectivity index (χ2n) is 4.03. The molecule has 0 saturated carbocycles. The van der Waals surface area contributed by atoms with Gasteiger partial charge in [0.1, 0.15) is 0 Å². The fourth-order valence-corrected chi connectivity index (χ4v) is 2.34. The van der Waals surface area contributed by atoms with Gasteiger partial charge < -0.3 is 9.30 Å². The summed E-state index contributed by atoms with van der Waals surface area (Å²) in [5.41, 5.74) is 0.684. The standard InChI is InChI=1S/C12H12BrF2NO/c1-12(14,15)7-16-6-5-8-3-4-9(13)11(17-2)10(8)16/h3-6H,7H2,1-2H3. The molecule has 0 radical (unpaired) electrons. The summed E-state index contributed by atoms with van der Waals surface area (Å²) < 4.78 is 33.7. The van der Waals surface area contributed by atoms with Crippen LogP contribution in [-0.2, 0) is 6.54 Å². The molecule has 0 saturated heterocycles. The Morgan fingerprint density at radius 2 is 2.06 bits per heavy atom. The van der Waals surface area contributed by atoms with Crippen molar-refractivity contribution in [3.05, 3.63) is 28.9 Å². The fourth-order valence-electron chi connectivity index (χ4n) is 1.86. The summed E-state index contributed by atoms with van der Waals surface area (Å²) in [6.07, 6.45) is 1.65. The monoisotopic (exact) mass is 303 g/mol. The van der Waals surface area contributed by atoms with E-state index in [9.17, 15) is 8.78 Å². The maximum atomic E-state index is 13.1. The van der Waals surface area contributed by atoms with E-state index >= 15 is 0 Å². The van der Waals surface area contributed by atoms with E-state index in [0.717, 1.165) is 16.8 Å². The van der Waals surface area contributed by atoms with Gasteiger partial charge in [-0.2, -0.15) is 0 Å². The smallest absolute Gasteiger partial charge is 0.262 e. The van der Waals surface area contributed by atoms with Crippen LogP contribution in [0.4, 0.5) is 8.78 Å². The van der Waals surface area contributed by atoms with Crippen molar-refractivity contribution >= 4 is 26.8 Å². The Morgan fingerprint density at radius 1 is 1.35 bits per heavy atom. The molecule has 0 aliphatic carbocycles. The molecule has 5 heteroatoms. The lowest BCUT2D eigenvalue weighted by Crippen LogP contribution is -2.18. The molecule has 0 aliphatic rings. The molecule has 1 heterocycles. The summed E-state index contributed by atoms with van der Waals surface area (Å²) in [5.74, 6) is -2.17. The first-order valence-corrected chi connectivity index (χ1v) is 5.91. The van der Waals surface area contributed by atoms with Gasteiger partial charge in [0.05, 0.1) is 23.6 Å². The quantitative estimate of drug-likeness (QED) is 0.834. The molecular formula is C12H12BrF2NO. The topological polar surface area (TPSA) is 14.2 Å². The zero-order valence-corrected chi connectivity index (χ0v) is 11.1. The molecule has 0 aliphatic heterocycles. The summed E-state index contributed by atoms with van der Waals surface area (Å²) >= 11 is 3.35. The van der Waals surface area contributed by atoms with Crippen molar-refractivity contribution in [3.63, 3.8) is 0 Å². The van der Waals surface area contributed by atoms with Crippen molar-refractivity contribution in [2.75, 3.05) is 7.11 Å². The number of aromatic nitrogens is 1. The normalized spacial score (nSPS) is 12.1. The van der Waals surface area contributed by atoms with Crippen LogP contribution in [0.2, 0.25) is 0 Å². The first kappa shape index (κ1) is 12.4. The Bertz CT molecular complexity index is 545. The van der Waals surface area contributed by atoms with E-state index in [1.54, 1.807) is 12.3 Å². The van der Waals surface area contributed by atoms with Crippen molar-refractivity contribution in [3.8, 4) is 5.75 Å². The average Bonchev–Trinajstić information content (AvgIpc) is 2.59. The van der Waals surface area contributed by atoms with Crippen LogP contribution in [0.1, 0.15) is 6.92 Å². The number of benzene rings is 1. The highest BCUT2D eigenvalue weighted by molar-refractivity contribution is 9.10. The minimum atomic E-state index is -2.75. The molecule has 0 unspecified atom stereocenters. The van der Waals surface area contributed by atoms with Crippen molar-refractivity contribution in [1.82, 2.24) is 4.57 Å². The van der Waals surface area contributed by atoms with E-state index in [-0.39, 0.29) is 6.54 Å². The Kier molecular flexibility index (Phi) is 3.12. The number of hydrogen-bond donors (Lipinski definition) is 0. The third-order valence-electron chi connectivity index (χ3n) is 2.49. The lowest BCUT2D eigenvalue weighted by Gasteiger charge is -2.14. The Balaban J connectivity index is 2.61. The van der Waals surface area contributed by atoms with Gasteiger partial charge in [0.2, 0.25) is 0 Å². The highest BCUT2D eigenvalue weighted by Crippen LogP contribution is 2.35. The van der Waals surface area contributed by atoms with Crippen molar-refractivity contribution in [2.24, 2.45) is 0 Å². The number of ether oxygens (including phenoxy) is 1. The van der Waals surface area contributed by atoms with Crippen LogP contribution >= 0.6 is 15.9 Å². The average molecular weight is 304 g/mol. The van der Waals surface area contributed by atoms with Gasteiger partial charge >= 0.3 is 0 Å². The molecule has 2 aromatic rings. The van der Waals surface area contributed by atoms with Gasteiger partial charge in [-0.1, -0.05) is 6.07 Å². The Morgan fingerprint density at radius 3 is 2.65 bits per heavy atom. The molecule has 92 valence electrons. The minimum absolute atomic E-state index is 0.358. The number of hydrogen-bond acceptors (Lipinski definition) is 1. The third-order valence-corrected chi connectivity index (χ3v) is 3.11. The maximum absolute atomic E-state index is 13.1. The lowest BCUT2D eigenvalue weighted by atomic mass is 10.2. The molecule has 2 nitrogen and oxygen atoms in total. The number of rotatable bonds is 3. The van der Waals surface area contributed by atoms with Crippen LogP contribution < -0.4 is 4.74 Å². The third kappa shape index (κ3) is 2.44. The SMILES string of the molecule is COc1c(Br)ccc2ccn(CC(C)(F)F)c12. The van der Waals surface area contributed by atoms with E-state index in [1.807, 2.05) is 12.1 Å². The highest BCUT2D eigenvalue weighted by Gasteiger charge is 2.23. The molecule has 1 aromatic carbocycles. The minimum Gasteiger partial charge on any atom is -0.493 e. The zero-order valence-electron chi connectivity index (χ0n) is 9.51. The fraction of sp³-hybridized carbons (Fsp3) is 0.333. The second-order valence-corrected chi connectivity index (χ2v) is 4.89. The van der Waals surface area contributed by atoms with E-state index in [0.29, 0.717) is 11.3 Å². The van der Waals surface area contributed by atoms with Crippen LogP contribution in [0, 0.1) is 0 Å².